The van der Waals surface area contributed by atoms with Crippen LogP contribution in [-0.2, 0) is 14.3 Å². The van der Waals surface area contributed by atoms with Crippen LogP contribution in [0.2, 0.25) is 0 Å². The summed E-state index contributed by atoms with van der Waals surface area (Å²) in [4.78, 5) is 27.4. The third-order valence-electron chi connectivity index (χ3n) is 3.79. The molecule has 2 fully saturated rings. The third-order valence-corrected chi connectivity index (χ3v) is 3.79. The topological polar surface area (TPSA) is 73.9 Å². The van der Waals surface area contributed by atoms with Crippen LogP contribution in [0.5, 0.6) is 0 Å². The van der Waals surface area contributed by atoms with Gasteiger partial charge in [-0.05, 0) is 0 Å². The van der Waals surface area contributed by atoms with Crippen LogP contribution >= 0.6 is 0 Å². The fourth-order valence-electron chi connectivity index (χ4n) is 2.53. The van der Waals surface area contributed by atoms with Crippen LogP contribution in [0.25, 0.3) is 0 Å². The lowest BCUT2D eigenvalue weighted by atomic mass is 10.1. The predicted octanol–water partition coefficient (Wildman–Crippen LogP) is -1.74. The van der Waals surface area contributed by atoms with Gasteiger partial charge in [-0.2, -0.15) is 0 Å². The van der Waals surface area contributed by atoms with Gasteiger partial charge in [0.1, 0.15) is 0 Å². The number of hydrogen-bond donors (Lipinski definition) is 2. The number of ether oxygens (including phenoxy) is 1. The molecule has 114 valence electrons. The first-order valence-electron chi connectivity index (χ1n) is 7.21. The quantitative estimate of drug-likeness (QED) is 0.641. The zero-order valence-corrected chi connectivity index (χ0v) is 12.1. The van der Waals surface area contributed by atoms with Gasteiger partial charge in [0.05, 0.1) is 19.8 Å². The first kappa shape index (κ1) is 15.2. The van der Waals surface area contributed by atoms with E-state index in [1.165, 1.54) is 0 Å². The molecule has 0 aromatic carbocycles. The molecule has 2 aliphatic heterocycles. The van der Waals surface area contributed by atoms with Crippen LogP contribution in [0.4, 0.5) is 0 Å². The van der Waals surface area contributed by atoms with Crippen LogP contribution in [0.15, 0.2) is 0 Å². The molecule has 1 atom stereocenters. The van der Waals surface area contributed by atoms with E-state index in [-0.39, 0.29) is 17.9 Å². The standard InChI is InChI=1S/C13H24N4O3/c1-14-12(18)9-16-3-5-17(6-4-16)13(19)8-11-10-20-7-2-15-11/h11,15H,2-10H2,1H3,(H,14,18). The van der Waals surface area contributed by atoms with Crippen molar-refractivity contribution in [3.63, 3.8) is 0 Å². The Hall–Kier alpha value is -1.18. The number of carbonyl (C=O) groups excluding carboxylic acids is 2. The van der Waals surface area contributed by atoms with E-state index in [1.54, 1.807) is 7.05 Å². The number of nitrogens with one attached hydrogen (secondary N) is 2. The van der Waals surface area contributed by atoms with Crippen molar-refractivity contribution in [3.05, 3.63) is 0 Å². The summed E-state index contributed by atoms with van der Waals surface area (Å²) < 4.78 is 5.36. The molecule has 0 aromatic rings. The Morgan fingerprint density at radius 3 is 2.65 bits per heavy atom. The van der Waals surface area contributed by atoms with Crippen molar-refractivity contribution >= 4 is 11.8 Å². The normalized spacial score (nSPS) is 24.4. The second-order valence-corrected chi connectivity index (χ2v) is 5.26. The molecular formula is C13H24N4O3. The fraction of sp³-hybridized carbons (Fsp3) is 0.846. The Balaban J connectivity index is 1.69. The first-order chi connectivity index (χ1) is 9.69. The number of morpholine rings is 1. The Bertz CT molecular complexity index is 337. The maximum Gasteiger partial charge on any atom is 0.233 e. The molecule has 2 amide bonds. The Kier molecular flexibility index (Phi) is 5.75. The van der Waals surface area contributed by atoms with Gasteiger partial charge in [0.2, 0.25) is 11.8 Å². The van der Waals surface area contributed by atoms with Gasteiger partial charge in [-0.15, -0.1) is 0 Å². The number of piperazine rings is 1. The lowest BCUT2D eigenvalue weighted by Crippen LogP contribution is -2.52. The molecule has 2 aliphatic rings. The van der Waals surface area contributed by atoms with E-state index in [1.807, 2.05) is 4.90 Å². The number of likely N-dealkylation sites (N-methyl/N-ethyl adjacent to an activating group) is 1. The van der Waals surface area contributed by atoms with E-state index in [2.05, 4.69) is 15.5 Å². The van der Waals surface area contributed by atoms with Crippen molar-refractivity contribution < 1.29 is 14.3 Å². The summed E-state index contributed by atoms with van der Waals surface area (Å²) in [5, 5.41) is 5.91. The van der Waals surface area contributed by atoms with Crippen LogP contribution in [0.3, 0.4) is 0 Å². The first-order valence-corrected chi connectivity index (χ1v) is 7.21. The van der Waals surface area contributed by atoms with Crippen molar-refractivity contribution in [1.82, 2.24) is 20.4 Å². The van der Waals surface area contributed by atoms with Gasteiger partial charge < -0.3 is 20.3 Å². The van der Waals surface area contributed by atoms with Gasteiger partial charge in [-0.3, -0.25) is 14.5 Å². The number of rotatable bonds is 4. The number of nitrogens with zero attached hydrogens (tertiary/aromatic N) is 2. The minimum Gasteiger partial charge on any atom is -0.378 e. The van der Waals surface area contributed by atoms with Gasteiger partial charge in [0.25, 0.3) is 0 Å². The predicted molar refractivity (Wildman–Crippen MR) is 74.3 cm³/mol. The molecule has 0 aromatic heterocycles. The summed E-state index contributed by atoms with van der Waals surface area (Å²) in [5.41, 5.74) is 0. The molecule has 7 nitrogen and oxygen atoms in total. The van der Waals surface area contributed by atoms with Crippen molar-refractivity contribution in [1.29, 1.82) is 0 Å². The van der Waals surface area contributed by atoms with Gasteiger partial charge in [-0.25, -0.2) is 0 Å². The molecule has 0 aliphatic carbocycles. The maximum atomic E-state index is 12.2. The average molecular weight is 284 g/mol. The van der Waals surface area contributed by atoms with Crippen LogP contribution in [-0.4, -0.2) is 87.2 Å². The van der Waals surface area contributed by atoms with E-state index >= 15 is 0 Å². The van der Waals surface area contributed by atoms with Crippen molar-refractivity contribution in [3.8, 4) is 0 Å². The van der Waals surface area contributed by atoms with Gasteiger partial charge in [-0.1, -0.05) is 0 Å². The summed E-state index contributed by atoms with van der Waals surface area (Å²) in [6.45, 7) is 5.48. The summed E-state index contributed by atoms with van der Waals surface area (Å²) in [7, 11) is 1.64. The lowest BCUT2D eigenvalue weighted by Gasteiger charge is -2.35. The minimum atomic E-state index is 0.0216. The van der Waals surface area contributed by atoms with Gasteiger partial charge in [0, 0.05) is 52.2 Å². The Labute approximate surface area is 119 Å². The smallest absolute Gasteiger partial charge is 0.233 e. The SMILES string of the molecule is CNC(=O)CN1CCN(C(=O)CC2COCCN2)CC1. The Morgan fingerprint density at radius 1 is 1.30 bits per heavy atom. The highest BCUT2D eigenvalue weighted by atomic mass is 16.5. The molecule has 1 unspecified atom stereocenters. The third kappa shape index (κ3) is 4.43. The monoisotopic (exact) mass is 284 g/mol. The molecule has 0 radical (unpaired) electrons. The second kappa shape index (κ2) is 7.56. The summed E-state index contributed by atoms with van der Waals surface area (Å²) in [5.74, 6) is 0.195. The summed E-state index contributed by atoms with van der Waals surface area (Å²) >= 11 is 0. The van der Waals surface area contributed by atoms with E-state index in [9.17, 15) is 9.59 Å². The van der Waals surface area contributed by atoms with Crippen LogP contribution in [0, 0.1) is 0 Å². The fourth-order valence-corrected chi connectivity index (χ4v) is 2.53. The molecule has 0 bridgehead atoms. The van der Waals surface area contributed by atoms with Crippen molar-refractivity contribution in [2.45, 2.75) is 12.5 Å². The van der Waals surface area contributed by atoms with Crippen molar-refractivity contribution in [2.75, 3.05) is 59.5 Å². The molecule has 7 heteroatoms. The molecule has 2 heterocycles. The average Bonchev–Trinajstić information content (AvgIpc) is 2.49. The van der Waals surface area contributed by atoms with Crippen LogP contribution in [0.1, 0.15) is 6.42 Å². The van der Waals surface area contributed by atoms with E-state index < -0.39 is 0 Å². The second-order valence-electron chi connectivity index (χ2n) is 5.26. The zero-order chi connectivity index (χ0) is 14.4. The highest BCUT2D eigenvalue weighted by Gasteiger charge is 2.25. The minimum absolute atomic E-state index is 0.0216. The molecular weight excluding hydrogens is 260 g/mol. The summed E-state index contributed by atoms with van der Waals surface area (Å²) in [6, 6.07) is 0.139. The zero-order valence-electron chi connectivity index (χ0n) is 12.1. The highest BCUT2D eigenvalue weighted by molar-refractivity contribution is 5.78. The van der Waals surface area contributed by atoms with E-state index in [0.29, 0.717) is 32.7 Å². The molecule has 0 spiro atoms. The maximum absolute atomic E-state index is 12.2. The van der Waals surface area contributed by atoms with E-state index in [4.69, 9.17) is 4.74 Å². The lowest BCUT2D eigenvalue weighted by molar-refractivity contribution is -0.134. The number of carbonyl (C=O) groups is 2. The molecule has 2 N–H and O–H groups in total. The van der Waals surface area contributed by atoms with E-state index in [0.717, 1.165) is 26.2 Å². The van der Waals surface area contributed by atoms with Gasteiger partial charge >= 0.3 is 0 Å². The summed E-state index contributed by atoms with van der Waals surface area (Å²) in [6.07, 6.45) is 0.495. The molecule has 2 rings (SSSR count). The molecule has 0 saturated carbocycles. The molecule has 2 saturated heterocycles. The van der Waals surface area contributed by atoms with Crippen molar-refractivity contribution in [2.24, 2.45) is 0 Å². The Morgan fingerprint density at radius 2 is 2.05 bits per heavy atom. The largest absolute Gasteiger partial charge is 0.378 e. The molecule has 20 heavy (non-hydrogen) atoms. The number of hydrogen-bond acceptors (Lipinski definition) is 5. The number of amides is 2. The highest BCUT2D eigenvalue weighted by Crippen LogP contribution is 2.07. The van der Waals surface area contributed by atoms with Crippen LogP contribution < -0.4 is 10.6 Å². The van der Waals surface area contributed by atoms with Gasteiger partial charge in [0.15, 0.2) is 0 Å².